The van der Waals surface area contributed by atoms with Crippen molar-refractivity contribution < 1.29 is 22.7 Å². The highest BCUT2D eigenvalue weighted by Crippen LogP contribution is 2.21. The van der Waals surface area contributed by atoms with Gasteiger partial charge in [0, 0.05) is 0 Å². The number of amides is 1. The van der Waals surface area contributed by atoms with Gasteiger partial charge in [0.05, 0.1) is 18.0 Å². The maximum absolute atomic E-state index is 12.1. The molecule has 2 aromatic carbocycles. The van der Waals surface area contributed by atoms with Crippen LogP contribution in [-0.2, 0) is 24.3 Å². The molecule has 28 heavy (non-hydrogen) atoms. The van der Waals surface area contributed by atoms with E-state index in [1.807, 2.05) is 37.3 Å². The molecule has 8 heteroatoms. The molecule has 0 aliphatic heterocycles. The predicted octanol–water partition coefficient (Wildman–Crippen LogP) is 2.18. The number of anilines is 1. The summed E-state index contributed by atoms with van der Waals surface area (Å²) in [6.45, 7) is 2.57. The smallest absolute Gasteiger partial charge is 0.327 e. The summed E-state index contributed by atoms with van der Waals surface area (Å²) in [4.78, 5) is 24.2. The molecule has 0 radical (unpaired) electrons. The van der Waals surface area contributed by atoms with Crippen molar-refractivity contribution in [1.82, 2.24) is 5.32 Å². The highest BCUT2D eigenvalue weighted by molar-refractivity contribution is 7.92. The van der Waals surface area contributed by atoms with E-state index in [0.29, 0.717) is 11.3 Å². The van der Waals surface area contributed by atoms with Crippen LogP contribution in [0, 0.1) is 6.92 Å². The highest BCUT2D eigenvalue weighted by Gasteiger charge is 2.23. The van der Waals surface area contributed by atoms with Gasteiger partial charge in [0.2, 0.25) is 10.0 Å². The lowest BCUT2D eigenvalue weighted by molar-refractivity contribution is -0.147. The summed E-state index contributed by atoms with van der Waals surface area (Å²) in [6.07, 6.45) is 1.01. The second-order valence-corrected chi connectivity index (χ2v) is 8.32. The number of carbonyl (C=O) groups is 2. The fourth-order valence-corrected chi connectivity index (χ4v) is 3.54. The Morgan fingerprint density at radius 1 is 1.07 bits per heavy atom. The van der Waals surface area contributed by atoms with Crippen molar-refractivity contribution in [2.45, 2.75) is 19.9 Å². The predicted molar refractivity (Wildman–Crippen MR) is 107 cm³/mol. The van der Waals surface area contributed by atoms with Gasteiger partial charge in [0.25, 0.3) is 5.91 Å². The summed E-state index contributed by atoms with van der Waals surface area (Å²) in [7, 11) is -3.70. The van der Waals surface area contributed by atoms with Gasteiger partial charge in [-0.15, -0.1) is 0 Å². The zero-order valence-corrected chi connectivity index (χ0v) is 16.9. The first-order valence-corrected chi connectivity index (χ1v) is 10.6. The zero-order valence-electron chi connectivity index (χ0n) is 16.1. The number of ether oxygens (including phenoxy) is 1. The van der Waals surface area contributed by atoms with Gasteiger partial charge < -0.3 is 10.1 Å². The van der Waals surface area contributed by atoms with Crippen LogP contribution in [-0.4, -0.2) is 39.7 Å². The summed E-state index contributed by atoms with van der Waals surface area (Å²) >= 11 is 0. The molecule has 0 spiro atoms. The average Bonchev–Trinajstić information content (AvgIpc) is 2.65. The summed E-state index contributed by atoms with van der Waals surface area (Å²) in [5, 5.41) is 2.73. The van der Waals surface area contributed by atoms with E-state index in [1.54, 1.807) is 31.2 Å². The van der Waals surface area contributed by atoms with Crippen LogP contribution in [0.1, 0.15) is 24.1 Å². The third-order valence-electron chi connectivity index (χ3n) is 4.10. The van der Waals surface area contributed by atoms with Gasteiger partial charge in [-0.3, -0.25) is 13.9 Å². The second kappa shape index (κ2) is 9.36. The number of benzene rings is 2. The minimum atomic E-state index is -3.70. The number of rotatable bonds is 8. The van der Waals surface area contributed by atoms with Gasteiger partial charge >= 0.3 is 5.97 Å². The largest absolute Gasteiger partial charge is 0.454 e. The maximum atomic E-state index is 12.1. The minimum absolute atomic E-state index is 0.244. The number of sulfonamides is 1. The Kier molecular flexibility index (Phi) is 7.17. The van der Waals surface area contributed by atoms with E-state index in [9.17, 15) is 18.0 Å². The summed E-state index contributed by atoms with van der Waals surface area (Å²) in [6, 6.07) is 15.9. The van der Waals surface area contributed by atoms with Crippen molar-refractivity contribution in [3.8, 4) is 0 Å². The number of hydrogen-bond donors (Lipinski definition) is 1. The van der Waals surface area contributed by atoms with Crippen molar-refractivity contribution in [2.24, 2.45) is 0 Å². The lowest BCUT2D eigenvalue weighted by atomic mass is 10.1. The Balaban J connectivity index is 1.94. The molecule has 0 aliphatic rings. The Hall–Kier alpha value is -2.87. The van der Waals surface area contributed by atoms with E-state index < -0.39 is 35.1 Å². The fraction of sp³-hybridized carbons (Fsp3) is 0.300. The number of esters is 1. The topological polar surface area (TPSA) is 92.8 Å². The second-order valence-electron chi connectivity index (χ2n) is 6.42. The molecular weight excluding hydrogens is 380 g/mol. The Morgan fingerprint density at radius 3 is 2.29 bits per heavy atom. The van der Waals surface area contributed by atoms with Gasteiger partial charge in [0.15, 0.2) is 6.61 Å². The van der Waals surface area contributed by atoms with E-state index in [1.165, 1.54) is 0 Å². The van der Waals surface area contributed by atoms with Gasteiger partial charge in [-0.1, -0.05) is 48.5 Å². The minimum Gasteiger partial charge on any atom is -0.454 e. The Bertz CT molecular complexity index is 929. The van der Waals surface area contributed by atoms with Gasteiger partial charge in [0.1, 0.15) is 6.54 Å². The Morgan fingerprint density at radius 2 is 1.68 bits per heavy atom. The molecule has 1 N–H and O–H groups in total. The lowest BCUT2D eigenvalue weighted by Gasteiger charge is -2.23. The number of aryl methyl sites for hydroxylation is 1. The van der Waals surface area contributed by atoms with E-state index in [-0.39, 0.29) is 6.04 Å². The summed E-state index contributed by atoms with van der Waals surface area (Å²) in [5.74, 6) is -1.28. The molecule has 0 heterocycles. The van der Waals surface area contributed by atoms with Crippen LogP contribution in [0.2, 0.25) is 0 Å². The third kappa shape index (κ3) is 6.09. The van der Waals surface area contributed by atoms with Crippen molar-refractivity contribution in [2.75, 3.05) is 23.7 Å². The van der Waals surface area contributed by atoms with E-state index >= 15 is 0 Å². The SMILES string of the molecule is Cc1ccccc1N(CC(=O)OCC(=O)N[C@@H](C)c1ccccc1)S(C)(=O)=O. The monoisotopic (exact) mass is 404 g/mol. The van der Waals surface area contributed by atoms with Crippen LogP contribution in [0.5, 0.6) is 0 Å². The standard InChI is InChI=1S/C20H24N2O5S/c1-15-9-7-8-12-18(15)22(28(3,25)26)13-20(24)27-14-19(23)21-16(2)17-10-5-4-6-11-17/h4-12,16H,13-14H2,1-3H3,(H,21,23)/t16-/m0/s1. The average molecular weight is 404 g/mol. The normalized spacial score (nSPS) is 12.1. The molecular formula is C20H24N2O5S. The zero-order chi connectivity index (χ0) is 20.7. The lowest BCUT2D eigenvalue weighted by Crippen LogP contribution is -2.38. The Labute approximate surface area is 165 Å². The number of para-hydroxylation sites is 1. The van der Waals surface area contributed by atoms with E-state index in [2.05, 4.69) is 5.32 Å². The van der Waals surface area contributed by atoms with Gasteiger partial charge in [-0.2, -0.15) is 0 Å². The first-order chi connectivity index (χ1) is 13.2. The molecule has 0 unspecified atom stereocenters. The molecule has 0 bridgehead atoms. The number of carbonyl (C=O) groups excluding carboxylic acids is 2. The summed E-state index contributed by atoms with van der Waals surface area (Å²) in [5.41, 5.74) is 2.02. The highest BCUT2D eigenvalue weighted by atomic mass is 32.2. The molecule has 150 valence electrons. The van der Waals surface area contributed by atoms with Crippen LogP contribution in [0.4, 0.5) is 5.69 Å². The molecule has 7 nitrogen and oxygen atoms in total. The number of hydrogen-bond acceptors (Lipinski definition) is 5. The first kappa shape index (κ1) is 21.4. The van der Waals surface area contributed by atoms with Crippen molar-refractivity contribution in [3.05, 3.63) is 65.7 Å². The van der Waals surface area contributed by atoms with Crippen molar-refractivity contribution in [3.63, 3.8) is 0 Å². The van der Waals surface area contributed by atoms with E-state index in [4.69, 9.17) is 4.74 Å². The number of nitrogens with one attached hydrogen (secondary N) is 1. The molecule has 0 aliphatic carbocycles. The van der Waals surface area contributed by atoms with Crippen LogP contribution in [0.3, 0.4) is 0 Å². The van der Waals surface area contributed by atoms with Crippen molar-refractivity contribution in [1.29, 1.82) is 0 Å². The summed E-state index contributed by atoms with van der Waals surface area (Å²) < 4.78 is 30.1. The molecule has 2 aromatic rings. The van der Waals surface area contributed by atoms with E-state index in [0.717, 1.165) is 16.1 Å². The molecule has 1 amide bonds. The van der Waals surface area contributed by atoms with Crippen LogP contribution >= 0.6 is 0 Å². The molecule has 2 rings (SSSR count). The molecule has 0 aromatic heterocycles. The third-order valence-corrected chi connectivity index (χ3v) is 5.22. The number of nitrogens with zero attached hydrogens (tertiary/aromatic N) is 1. The van der Waals surface area contributed by atoms with Gasteiger partial charge in [-0.05, 0) is 31.0 Å². The maximum Gasteiger partial charge on any atom is 0.327 e. The van der Waals surface area contributed by atoms with Crippen LogP contribution in [0.25, 0.3) is 0 Å². The fourth-order valence-electron chi connectivity index (χ4n) is 2.64. The molecule has 0 fully saturated rings. The molecule has 1 atom stereocenters. The van der Waals surface area contributed by atoms with Gasteiger partial charge in [-0.25, -0.2) is 8.42 Å². The molecule has 0 saturated heterocycles. The molecule has 0 saturated carbocycles. The van der Waals surface area contributed by atoms with Crippen LogP contribution in [0.15, 0.2) is 54.6 Å². The van der Waals surface area contributed by atoms with Crippen LogP contribution < -0.4 is 9.62 Å². The van der Waals surface area contributed by atoms with Crippen molar-refractivity contribution >= 4 is 27.6 Å². The first-order valence-electron chi connectivity index (χ1n) is 8.71. The quantitative estimate of drug-likeness (QED) is 0.681.